The molecule has 0 spiro atoms. The van der Waals surface area contributed by atoms with Gasteiger partial charge in [-0.15, -0.1) is 0 Å². The quantitative estimate of drug-likeness (QED) is 0.834. The Morgan fingerprint density at radius 3 is 3.06 bits per heavy atom. The first-order chi connectivity index (χ1) is 8.22. The van der Waals surface area contributed by atoms with Gasteiger partial charge in [-0.05, 0) is 24.5 Å². The molecule has 2 atom stereocenters. The molecule has 1 aliphatic rings. The molecule has 2 N–H and O–H groups in total. The molecule has 0 radical (unpaired) electrons. The van der Waals surface area contributed by atoms with Crippen LogP contribution in [-0.4, -0.2) is 18.5 Å². The number of carbonyl (C=O) groups is 1. The van der Waals surface area contributed by atoms with Crippen LogP contribution in [0.1, 0.15) is 37.3 Å². The van der Waals surface area contributed by atoms with E-state index in [9.17, 15) is 4.79 Å². The maximum absolute atomic E-state index is 12.2. The Labute approximate surface area is 103 Å². The van der Waals surface area contributed by atoms with E-state index in [2.05, 4.69) is 29.7 Å². The van der Waals surface area contributed by atoms with Crippen molar-refractivity contribution in [2.45, 2.75) is 38.8 Å². The molecule has 1 aromatic carbocycles. The lowest BCUT2D eigenvalue weighted by atomic mass is 9.90. The second-order valence-corrected chi connectivity index (χ2v) is 4.70. The molecule has 0 saturated heterocycles. The number of nitrogens with one attached hydrogen (secondary N) is 2. The fourth-order valence-electron chi connectivity index (χ4n) is 2.18. The average Bonchev–Trinajstić information content (AvgIpc) is 2.37. The van der Waals surface area contributed by atoms with Gasteiger partial charge in [0.2, 0.25) is 5.91 Å². The van der Waals surface area contributed by atoms with Crippen molar-refractivity contribution in [2.24, 2.45) is 0 Å². The van der Waals surface area contributed by atoms with Crippen molar-refractivity contribution in [1.82, 2.24) is 10.6 Å². The summed E-state index contributed by atoms with van der Waals surface area (Å²) in [6.45, 7) is 5.72. The molecule has 1 heterocycles. The first-order valence-corrected chi connectivity index (χ1v) is 6.31. The second kappa shape index (κ2) is 5.32. The fraction of sp³-hybridized carbons (Fsp3) is 0.500. The van der Waals surface area contributed by atoms with Crippen LogP contribution in [0.2, 0.25) is 0 Å². The molecule has 1 aliphatic heterocycles. The van der Waals surface area contributed by atoms with Gasteiger partial charge < -0.3 is 10.6 Å². The van der Waals surface area contributed by atoms with Gasteiger partial charge in [0.15, 0.2) is 0 Å². The maximum Gasteiger partial charge on any atom is 0.229 e. The fourth-order valence-corrected chi connectivity index (χ4v) is 2.18. The van der Waals surface area contributed by atoms with Crippen molar-refractivity contribution >= 4 is 5.91 Å². The van der Waals surface area contributed by atoms with E-state index < -0.39 is 0 Å². The summed E-state index contributed by atoms with van der Waals surface area (Å²) in [6, 6.07) is 8.43. The molecule has 2 rings (SSSR count). The van der Waals surface area contributed by atoms with E-state index in [1.165, 1.54) is 11.1 Å². The number of hydrogen-bond acceptors (Lipinski definition) is 2. The van der Waals surface area contributed by atoms with Crippen LogP contribution in [-0.2, 0) is 11.3 Å². The van der Waals surface area contributed by atoms with Crippen LogP contribution in [0.4, 0.5) is 0 Å². The highest BCUT2D eigenvalue weighted by molar-refractivity contribution is 5.84. The summed E-state index contributed by atoms with van der Waals surface area (Å²) in [4.78, 5) is 12.2. The molecule has 0 aromatic heterocycles. The molecule has 3 nitrogen and oxygen atoms in total. The van der Waals surface area contributed by atoms with Crippen LogP contribution in [0.15, 0.2) is 24.3 Å². The van der Waals surface area contributed by atoms with Gasteiger partial charge in [-0.2, -0.15) is 0 Å². The molecule has 3 heteroatoms. The first-order valence-electron chi connectivity index (χ1n) is 6.31. The van der Waals surface area contributed by atoms with E-state index in [1.54, 1.807) is 0 Å². The number of benzene rings is 1. The number of fused-ring (bicyclic) bond motifs is 1. The zero-order chi connectivity index (χ0) is 12.3. The summed E-state index contributed by atoms with van der Waals surface area (Å²) in [7, 11) is 0. The lowest BCUT2D eigenvalue weighted by Gasteiger charge is -2.26. The zero-order valence-electron chi connectivity index (χ0n) is 10.5. The van der Waals surface area contributed by atoms with Crippen molar-refractivity contribution in [3.63, 3.8) is 0 Å². The number of amides is 1. The van der Waals surface area contributed by atoms with Crippen LogP contribution in [0.5, 0.6) is 0 Å². The largest absolute Gasteiger partial charge is 0.353 e. The molecule has 1 aromatic rings. The third kappa shape index (κ3) is 2.67. The summed E-state index contributed by atoms with van der Waals surface area (Å²) in [5.41, 5.74) is 2.41. The van der Waals surface area contributed by atoms with Gasteiger partial charge in [-0.1, -0.05) is 31.2 Å². The third-order valence-electron chi connectivity index (χ3n) is 3.41. The van der Waals surface area contributed by atoms with Gasteiger partial charge in [0.05, 0.1) is 5.92 Å². The summed E-state index contributed by atoms with van der Waals surface area (Å²) < 4.78 is 0. The third-order valence-corrected chi connectivity index (χ3v) is 3.41. The normalized spacial score (nSPS) is 20.5. The summed E-state index contributed by atoms with van der Waals surface area (Å²) in [6.07, 6.45) is 0.966. The average molecular weight is 232 g/mol. The van der Waals surface area contributed by atoms with Crippen molar-refractivity contribution in [2.75, 3.05) is 6.54 Å². The van der Waals surface area contributed by atoms with E-state index in [4.69, 9.17) is 0 Å². The van der Waals surface area contributed by atoms with E-state index in [-0.39, 0.29) is 17.9 Å². The number of hydrogen-bond donors (Lipinski definition) is 2. The van der Waals surface area contributed by atoms with Crippen LogP contribution in [0.25, 0.3) is 0 Å². The van der Waals surface area contributed by atoms with E-state index in [1.807, 2.05) is 19.1 Å². The molecule has 0 bridgehead atoms. The van der Waals surface area contributed by atoms with Gasteiger partial charge in [0, 0.05) is 19.1 Å². The Hall–Kier alpha value is -1.35. The molecule has 0 aliphatic carbocycles. The van der Waals surface area contributed by atoms with Crippen LogP contribution >= 0.6 is 0 Å². The van der Waals surface area contributed by atoms with Crippen LogP contribution in [0.3, 0.4) is 0 Å². The van der Waals surface area contributed by atoms with Crippen molar-refractivity contribution in [1.29, 1.82) is 0 Å². The van der Waals surface area contributed by atoms with Crippen molar-refractivity contribution in [3.05, 3.63) is 35.4 Å². The van der Waals surface area contributed by atoms with E-state index in [0.29, 0.717) is 0 Å². The van der Waals surface area contributed by atoms with Crippen molar-refractivity contribution in [3.8, 4) is 0 Å². The molecular weight excluding hydrogens is 212 g/mol. The molecule has 17 heavy (non-hydrogen) atoms. The summed E-state index contributed by atoms with van der Waals surface area (Å²) in [5, 5.41) is 6.36. The molecule has 0 fully saturated rings. The predicted octanol–water partition coefficient (Wildman–Crippen LogP) is 1.79. The highest BCUT2D eigenvalue weighted by atomic mass is 16.2. The standard InChI is InChI=1S/C14H20N2O/c1-3-10(2)16-14(17)13-9-15-8-11-6-4-5-7-12(11)13/h4-7,10,13,15H,3,8-9H2,1-2H3,(H,16,17). The van der Waals surface area contributed by atoms with Crippen LogP contribution in [0, 0.1) is 0 Å². The minimum Gasteiger partial charge on any atom is -0.353 e. The Kier molecular flexibility index (Phi) is 3.79. The lowest BCUT2D eigenvalue weighted by Crippen LogP contribution is -2.42. The molecular formula is C14H20N2O. The summed E-state index contributed by atoms with van der Waals surface area (Å²) in [5.74, 6) is 0.0907. The first kappa shape index (κ1) is 12.1. The van der Waals surface area contributed by atoms with E-state index in [0.717, 1.165) is 19.5 Å². The minimum atomic E-state index is -0.0473. The molecule has 1 amide bonds. The number of carbonyl (C=O) groups excluding carboxylic acids is 1. The molecule has 92 valence electrons. The van der Waals surface area contributed by atoms with Gasteiger partial charge in [0.25, 0.3) is 0 Å². The highest BCUT2D eigenvalue weighted by Gasteiger charge is 2.26. The minimum absolute atomic E-state index is 0.0473. The topological polar surface area (TPSA) is 41.1 Å². The number of rotatable bonds is 3. The smallest absolute Gasteiger partial charge is 0.229 e. The second-order valence-electron chi connectivity index (χ2n) is 4.70. The maximum atomic E-state index is 12.2. The van der Waals surface area contributed by atoms with Gasteiger partial charge in [-0.3, -0.25) is 4.79 Å². The Balaban J connectivity index is 2.15. The predicted molar refractivity (Wildman–Crippen MR) is 68.8 cm³/mol. The Bertz CT molecular complexity index is 403. The van der Waals surface area contributed by atoms with Crippen LogP contribution < -0.4 is 10.6 Å². The lowest BCUT2D eigenvalue weighted by molar-refractivity contribution is -0.123. The Morgan fingerprint density at radius 2 is 2.29 bits per heavy atom. The monoisotopic (exact) mass is 232 g/mol. The molecule has 0 saturated carbocycles. The van der Waals surface area contributed by atoms with E-state index >= 15 is 0 Å². The Morgan fingerprint density at radius 1 is 1.53 bits per heavy atom. The molecule has 2 unspecified atom stereocenters. The summed E-state index contributed by atoms with van der Waals surface area (Å²) >= 11 is 0. The SMILES string of the molecule is CCC(C)NC(=O)C1CNCc2ccccc21. The van der Waals surface area contributed by atoms with Gasteiger partial charge in [-0.25, -0.2) is 0 Å². The zero-order valence-corrected chi connectivity index (χ0v) is 10.5. The van der Waals surface area contributed by atoms with Gasteiger partial charge in [0.1, 0.15) is 0 Å². The van der Waals surface area contributed by atoms with Crippen molar-refractivity contribution < 1.29 is 4.79 Å². The highest BCUT2D eigenvalue weighted by Crippen LogP contribution is 2.23. The van der Waals surface area contributed by atoms with Gasteiger partial charge >= 0.3 is 0 Å².